The number of aromatic nitrogens is 1. The Morgan fingerprint density at radius 3 is 1.77 bits per heavy atom. The van der Waals surface area contributed by atoms with Crippen LogP contribution in [0.25, 0.3) is 0 Å². The Kier molecular flexibility index (Phi) is 5.16. The Labute approximate surface area is 133 Å². The molecule has 2 aliphatic heterocycles. The van der Waals surface area contributed by atoms with Gasteiger partial charge in [0.05, 0.1) is 26.4 Å². The van der Waals surface area contributed by atoms with Crippen LogP contribution >= 0.6 is 0 Å². The second-order valence-corrected chi connectivity index (χ2v) is 6.49. The van der Waals surface area contributed by atoms with Gasteiger partial charge in [0.2, 0.25) is 0 Å². The van der Waals surface area contributed by atoms with Gasteiger partial charge < -0.3 is 19.3 Å². The Morgan fingerprint density at radius 2 is 1.36 bits per heavy atom. The minimum Gasteiger partial charge on any atom is -0.378 e. The average Bonchev–Trinajstić information content (AvgIpc) is 2.55. The molecule has 0 amide bonds. The van der Waals surface area contributed by atoms with E-state index in [0.717, 1.165) is 70.7 Å². The van der Waals surface area contributed by atoms with Crippen LogP contribution in [0.15, 0.2) is 12.1 Å². The number of nitrogens with zero attached hydrogens (tertiary/aromatic N) is 3. The van der Waals surface area contributed by atoms with Crippen LogP contribution in [-0.4, -0.2) is 57.6 Å². The zero-order valence-electron chi connectivity index (χ0n) is 13.8. The largest absolute Gasteiger partial charge is 0.378 e. The topological polar surface area (TPSA) is 37.8 Å². The van der Waals surface area contributed by atoms with Gasteiger partial charge in [-0.3, -0.25) is 0 Å². The summed E-state index contributed by atoms with van der Waals surface area (Å²) >= 11 is 0. The molecule has 5 nitrogen and oxygen atoms in total. The van der Waals surface area contributed by atoms with E-state index in [9.17, 15) is 0 Å². The van der Waals surface area contributed by atoms with Crippen molar-refractivity contribution in [2.24, 2.45) is 5.92 Å². The maximum atomic E-state index is 5.47. The molecule has 0 saturated carbocycles. The van der Waals surface area contributed by atoms with Gasteiger partial charge in [-0.25, -0.2) is 4.98 Å². The summed E-state index contributed by atoms with van der Waals surface area (Å²) in [6, 6.07) is 4.52. The van der Waals surface area contributed by atoms with Crippen LogP contribution in [0.2, 0.25) is 0 Å². The minimum atomic E-state index is 0.650. The molecular weight excluding hydrogens is 278 g/mol. The summed E-state index contributed by atoms with van der Waals surface area (Å²) in [5.41, 5.74) is 1.38. The monoisotopic (exact) mass is 305 g/mol. The molecule has 3 heterocycles. The normalized spacial score (nSPS) is 19.8. The number of rotatable bonds is 4. The van der Waals surface area contributed by atoms with Crippen LogP contribution in [0.1, 0.15) is 19.4 Å². The third-order valence-electron chi connectivity index (χ3n) is 4.17. The first-order valence-corrected chi connectivity index (χ1v) is 8.39. The highest BCUT2D eigenvalue weighted by Gasteiger charge is 2.18. The van der Waals surface area contributed by atoms with Gasteiger partial charge in [0.15, 0.2) is 0 Å². The van der Waals surface area contributed by atoms with Gasteiger partial charge in [0.1, 0.15) is 11.6 Å². The maximum Gasteiger partial charge on any atom is 0.131 e. The smallest absolute Gasteiger partial charge is 0.131 e. The molecule has 2 saturated heterocycles. The molecule has 0 aromatic carbocycles. The molecular formula is C17H27N3O2. The number of anilines is 2. The molecule has 2 aliphatic rings. The Hall–Kier alpha value is -1.33. The van der Waals surface area contributed by atoms with Gasteiger partial charge in [0, 0.05) is 26.2 Å². The predicted molar refractivity (Wildman–Crippen MR) is 88.8 cm³/mol. The van der Waals surface area contributed by atoms with Crippen molar-refractivity contribution in [3.05, 3.63) is 17.7 Å². The molecule has 1 aromatic heterocycles. The van der Waals surface area contributed by atoms with Crippen molar-refractivity contribution in [3.8, 4) is 0 Å². The van der Waals surface area contributed by atoms with E-state index in [4.69, 9.17) is 14.5 Å². The van der Waals surface area contributed by atoms with Gasteiger partial charge in [-0.1, -0.05) is 13.8 Å². The van der Waals surface area contributed by atoms with Gasteiger partial charge in [-0.05, 0) is 30.0 Å². The van der Waals surface area contributed by atoms with E-state index in [1.54, 1.807) is 0 Å². The van der Waals surface area contributed by atoms with Crippen LogP contribution < -0.4 is 9.80 Å². The molecule has 0 aliphatic carbocycles. The quantitative estimate of drug-likeness (QED) is 0.850. The molecule has 3 rings (SSSR count). The Balaban J connectivity index is 1.86. The van der Waals surface area contributed by atoms with Crippen molar-refractivity contribution in [2.45, 2.75) is 20.3 Å². The molecule has 2 fully saturated rings. The fourth-order valence-electron chi connectivity index (χ4n) is 3.05. The minimum absolute atomic E-state index is 0.650. The van der Waals surface area contributed by atoms with Crippen LogP contribution in [-0.2, 0) is 15.9 Å². The molecule has 22 heavy (non-hydrogen) atoms. The number of morpholine rings is 2. The third-order valence-corrected chi connectivity index (χ3v) is 4.17. The van der Waals surface area contributed by atoms with Crippen molar-refractivity contribution in [1.82, 2.24) is 4.98 Å². The molecule has 0 bridgehead atoms. The highest BCUT2D eigenvalue weighted by molar-refractivity contribution is 5.52. The number of hydrogen-bond acceptors (Lipinski definition) is 5. The average molecular weight is 305 g/mol. The fraction of sp³-hybridized carbons (Fsp3) is 0.706. The first-order chi connectivity index (χ1) is 10.7. The highest BCUT2D eigenvalue weighted by atomic mass is 16.5. The van der Waals surface area contributed by atoms with Crippen molar-refractivity contribution in [1.29, 1.82) is 0 Å². The molecule has 0 radical (unpaired) electrons. The summed E-state index contributed by atoms with van der Waals surface area (Å²) in [4.78, 5) is 9.62. The van der Waals surface area contributed by atoms with Crippen LogP contribution in [0.4, 0.5) is 11.6 Å². The first kappa shape index (κ1) is 15.6. The molecule has 1 aromatic rings. The van der Waals surface area contributed by atoms with E-state index < -0.39 is 0 Å². The van der Waals surface area contributed by atoms with Gasteiger partial charge in [0.25, 0.3) is 0 Å². The summed E-state index contributed by atoms with van der Waals surface area (Å²) in [6.07, 6.45) is 1.09. The summed E-state index contributed by atoms with van der Waals surface area (Å²) in [5.74, 6) is 2.85. The number of pyridine rings is 1. The van der Waals surface area contributed by atoms with Crippen molar-refractivity contribution >= 4 is 11.6 Å². The first-order valence-electron chi connectivity index (χ1n) is 8.39. The second kappa shape index (κ2) is 7.29. The van der Waals surface area contributed by atoms with E-state index in [0.29, 0.717) is 5.92 Å². The van der Waals surface area contributed by atoms with E-state index in [1.165, 1.54) is 5.56 Å². The van der Waals surface area contributed by atoms with E-state index >= 15 is 0 Å². The lowest BCUT2D eigenvalue weighted by Crippen LogP contribution is -2.39. The molecule has 0 spiro atoms. The summed E-state index contributed by atoms with van der Waals surface area (Å²) in [6.45, 7) is 11.4. The van der Waals surface area contributed by atoms with Crippen LogP contribution in [0.3, 0.4) is 0 Å². The fourth-order valence-corrected chi connectivity index (χ4v) is 3.05. The molecule has 122 valence electrons. The van der Waals surface area contributed by atoms with Crippen LogP contribution in [0.5, 0.6) is 0 Å². The zero-order chi connectivity index (χ0) is 15.4. The predicted octanol–water partition coefficient (Wildman–Crippen LogP) is 1.95. The van der Waals surface area contributed by atoms with Crippen molar-refractivity contribution in [2.75, 3.05) is 62.4 Å². The van der Waals surface area contributed by atoms with Gasteiger partial charge in [-0.15, -0.1) is 0 Å². The van der Waals surface area contributed by atoms with E-state index in [2.05, 4.69) is 35.8 Å². The van der Waals surface area contributed by atoms with Gasteiger partial charge >= 0.3 is 0 Å². The van der Waals surface area contributed by atoms with Crippen LogP contribution in [0, 0.1) is 5.92 Å². The number of ether oxygens (including phenoxy) is 2. The molecule has 0 atom stereocenters. The molecule has 0 N–H and O–H groups in total. The Morgan fingerprint density at radius 1 is 0.909 bits per heavy atom. The molecule has 5 heteroatoms. The highest BCUT2D eigenvalue weighted by Crippen LogP contribution is 2.24. The zero-order valence-corrected chi connectivity index (χ0v) is 13.8. The van der Waals surface area contributed by atoms with E-state index in [-0.39, 0.29) is 0 Å². The second-order valence-electron chi connectivity index (χ2n) is 6.49. The van der Waals surface area contributed by atoms with Gasteiger partial charge in [-0.2, -0.15) is 0 Å². The lowest BCUT2D eigenvalue weighted by atomic mass is 10.0. The molecule has 0 unspecified atom stereocenters. The maximum absolute atomic E-state index is 5.47. The number of hydrogen-bond donors (Lipinski definition) is 0. The van der Waals surface area contributed by atoms with E-state index in [1.807, 2.05) is 0 Å². The Bertz CT molecular complexity index is 445. The lowest BCUT2D eigenvalue weighted by molar-refractivity contribution is 0.121. The summed E-state index contributed by atoms with van der Waals surface area (Å²) in [5, 5.41) is 0. The standard InChI is InChI=1S/C17H27N3O2/c1-14(2)11-15-12-16(19-3-7-21-8-4-19)18-17(13-15)20-5-9-22-10-6-20/h12-14H,3-11H2,1-2H3. The third kappa shape index (κ3) is 3.90. The van der Waals surface area contributed by atoms with Crippen molar-refractivity contribution < 1.29 is 9.47 Å². The summed E-state index contributed by atoms with van der Waals surface area (Å²) < 4.78 is 10.9. The summed E-state index contributed by atoms with van der Waals surface area (Å²) in [7, 11) is 0. The lowest BCUT2D eigenvalue weighted by Gasteiger charge is -2.32. The van der Waals surface area contributed by atoms with Crippen molar-refractivity contribution in [3.63, 3.8) is 0 Å². The SMILES string of the molecule is CC(C)Cc1cc(N2CCOCC2)nc(N2CCOCC2)c1.